The molecule has 5 nitrogen and oxygen atoms in total. The highest BCUT2D eigenvalue weighted by atomic mass is 32.1. The van der Waals surface area contributed by atoms with Gasteiger partial charge in [-0.25, -0.2) is 14.2 Å². The molecule has 2 aromatic carbocycles. The molecule has 1 aromatic heterocycles. The van der Waals surface area contributed by atoms with E-state index in [9.17, 15) is 14.0 Å². The summed E-state index contributed by atoms with van der Waals surface area (Å²) >= 11 is 1.23. The van der Waals surface area contributed by atoms with Crippen molar-refractivity contribution in [3.63, 3.8) is 0 Å². The second-order valence-electron chi connectivity index (χ2n) is 5.29. The molecule has 3 aromatic rings. The molecule has 0 radical (unpaired) electrons. The number of hydrogen-bond acceptors (Lipinski definition) is 6. The Morgan fingerprint density at radius 2 is 1.96 bits per heavy atom. The van der Waals surface area contributed by atoms with E-state index in [0.29, 0.717) is 27.3 Å². The molecule has 0 bridgehead atoms. The minimum atomic E-state index is -0.635. The van der Waals surface area contributed by atoms with Crippen molar-refractivity contribution in [3.05, 3.63) is 53.3 Å². The van der Waals surface area contributed by atoms with Gasteiger partial charge in [0.15, 0.2) is 10.9 Å². The average Bonchev–Trinajstić information content (AvgIpc) is 3.02. The third-order valence-electron chi connectivity index (χ3n) is 3.64. The highest BCUT2D eigenvalue weighted by Gasteiger charge is 2.17. The molecular formula is C18H15FN2O3S. The van der Waals surface area contributed by atoms with E-state index in [-0.39, 0.29) is 11.3 Å². The van der Waals surface area contributed by atoms with Crippen LogP contribution in [0.15, 0.2) is 36.4 Å². The van der Waals surface area contributed by atoms with Crippen molar-refractivity contribution in [2.24, 2.45) is 0 Å². The largest absolute Gasteiger partial charge is 0.465 e. The van der Waals surface area contributed by atoms with Crippen molar-refractivity contribution in [3.8, 4) is 0 Å². The fraction of sp³-hybridized carbons (Fsp3) is 0.167. The summed E-state index contributed by atoms with van der Waals surface area (Å²) < 4.78 is 18.9. The van der Waals surface area contributed by atoms with Crippen LogP contribution in [0.25, 0.3) is 10.2 Å². The quantitative estimate of drug-likeness (QED) is 0.535. The van der Waals surface area contributed by atoms with Crippen molar-refractivity contribution in [2.45, 2.75) is 13.3 Å². The fourth-order valence-corrected chi connectivity index (χ4v) is 3.32. The highest BCUT2D eigenvalue weighted by Crippen LogP contribution is 2.31. The van der Waals surface area contributed by atoms with Gasteiger partial charge in [0, 0.05) is 17.7 Å². The molecule has 0 amide bonds. The zero-order chi connectivity index (χ0) is 18.0. The van der Waals surface area contributed by atoms with Crippen LogP contribution >= 0.6 is 11.3 Å². The van der Waals surface area contributed by atoms with Crippen molar-refractivity contribution in [2.75, 3.05) is 12.4 Å². The van der Waals surface area contributed by atoms with Crippen LogP contribution in [0.4, 0.5) is 15.2 Å². The molecule has 0 fully saturated rings. The first kappa shape index (κ1) is 17.0. The summed E-state index contributed by atoms with van der Waals surface area (Å²) in [6.07, 6.45) is 0.451. The number of carbonyl (C=O) groups excluding carboxylic acids is 2. The van der Waals surface area contributed by atoms with E-state index >= 15 is 0 Å². The third-order valence-corrected chi connectivity index (χ3v) is 4.56. The number of anilines is 2. The van der Waals surface area contributed by atoms with Gasteiger partial charge in [0.25, 0.3) is 0 Å². The SMILES string of the molecule is CCC(=O)c1ccc(Nc2nc3c(C(=O)OC)cc(F)cc3s2)cc1. The number of rotatable bonds is 5. The maximum absolute atomic E-state index is 13.7. The molecular weight excluding hydrogens is 343 g/mol. The number of methoxy groups -OCH3 is 1. The summed E-state index contributed by atoms with van der Waals surface area (Å²) in [5.41, 5.74) is 1.86. The maximum atomic E-state index is 13.7. The Morgan fingerprint density at radius 3 is 2.60 bits per heavy atom. The van der Waals surface area contributed by atoms with E-state index < -0.39 is 11.8 Å². The van der Waals surface area contributed by atoms with E-state index in [1.807, 2.05) is 6.92 Å². The molecule has 0 unspecified atom stereocenters. The zero-order valence-electron chi connectivity index (χ0n) is 13.6. The number of fused-ring (bicyclic) bond motifs is 1. The molecule has 128 valence electrons. The van der Waals surface area contributed by atoms with Gasteiger partial charge in [-0.05, 0) is 36.4 Å². The van der Waals surface area contributed by atoms with Gasteiger partial charge < -0.3 is 10.1 Å². The Labute approximate surface area is 147 Å². The number of ketones is 1. The molecule has 0 aliphatic heterocycles. The number of thiazole rings is 1. The normalized spacial score (nSPS) is 10.7. The van der Waals surface area contributed by atoms with Crippen LogP contribution < -0.4 is 5.32 Å². The number of nitrogens with one attached hydrogen (secondary N) is 1. The molecule has 0 aliphatic rings. The Kier molecular flexibility index (Phi) is 4.76. The van der Waals surface area contributed by atoms with Crippen LogP contribution in [-0.4, -0.2) is 23.8 Å². The number of halogens is 1. The predicted octanol–water partition coefficient (Wildman–Crippen LogP) is 4.56. The lowest BCUT2D eigenvalue weighted by Crippen LogP contribution is -2.02. The van der Waals surface area contributed by atoms with Gasteiger partial charge in [-0.15, -0.1) is 0 Å². The number of Topliss-reactive ketones (excluding diaryl/α,β-unsaturated/α-hetero) is 1. The average molecular weight is 358 g/mol. The van der Waals surface area contributed by atoms with Crippen LogP contribution in [0.3, 0.4) is 0 Å². The number of ether oxygens (including phenoxy) is 1. The first-order valence-electron chi connectivity index (χ1n) is 7.60. The van der Waals surface area contributed by atoms with E-state index in [2.05, 4.69) is 15.0 Å². The third kappa shape index (κ3) is 3.51. The lowest BCUT2D eigenvalue weighted by atomic mass is 10.1. The van der Waals surface area contributed by atoms with E-state index in [1.165, 1.54) is 24.5 Å². The molecule has 0 saturated heterocycles. The Morgan fingerprint density at radius 1 is 1.24 bits per heavy atom. The van der Waals surface area contributed by atoms with Gasteiger partial charge in [-0.3, -0.25) is 4.79 Å². The minimum absolute atomic E-state index is 0.0738. The van der Waals surface area contributed by atoms with Crippen LogP contribution in [0.2, 0.25) is 0 Å². The Bertz CT molecular complexity index is 951. The second-order valence-corrected chi connectivity index (χ2v) is 6.32. The van der Waals surface area contributed by atoms with E-state index in [1.54, 1.807) is 24.3 Å². The number of carbonyl (C=O) groups is 2. The van der Waals surface area contributed by atoms with E-state index in [0.717, 1.165) is 11.8 Å². The number of aromatic nitrogens is 1. The molecule has 0 aliphatic carbocycles. The van der Waals surface area contributed by atoms with E-state index in [4.69, 9.17) is 0 Å². The first-order chi connectivity index (χ1) is 12.0. The molecule has 0 atom stereocenters. The van der Waals surface area contributed by atoms with Crippen LogP contribution in [-0.2, 0) is 4.74 Å². The number of benzene rings is 2. The van der Waals surface area contributed by atoms with Crippen molar-refractivity contribution in [1.29, 1.82) is 0 Å². The Balaban J connectivity index is 1.92. The summed E-state index contributed by atoms with van der Waals surface area (Å²) in [7, 11) is 1.24. The van der Waals surface area contributed by atoms with Gasteiger partial charge in [0.1, 0.15) is 5.82 Å². The standard InChI is InChI=1S/C18H15FN2O3S/c1-3-14(22)10-4-6-12(7-5-10)20-18-21-16-13(17(23)24-2)8-11(19)9-15(16)25-18/h4-9H,3H2,1-2H3,(H,20,21). The summed E-state index contributed by atoms with van der Waals surface area (Å²) in [6, 6.07) is 9.46. The van der Waals surface area contributed by atoms with Gasteiger partial charge in [-0.1, -0.05) is 18.3 Å². The smallest absolute Gasteiger partial charge is 0.340 e. The maximum Gasteiger partial charge on any atom is 0.340 e. The monoisotopic (exact) mass is 358 g/mol. The van der Waals surface area contributed by atoms with Crippen molar-refractivity contribution < 1.29 is 18.7 Å². The molecule has 1 heterocycles. The summed E-state index contributed by atoms with van der Waals surface area (Å²) in [5.74, 6) is -1.08. The number of hydrogen-bond donors (Lipinski definition) is 1. The summed E-state index contributed by atoms with van der Waals surface area (Å²) in [5, 5.41) is 3.62. The second kappa shape index (κ2) is 6.98. The molecule has 7 heteroatoms. The Hall–Kier alpha value is -2.80. The number of nitrogens with zero attached hydrogens (tertiary/aromatic N) is 1. The fourth-order valence-electron chi connectivity index (χ4n) is 2.38. The van der Waals surface area contributed by atoms with Crippen molar-refractivity contribution >= 4 is 44.1 Å². The topological polar surface area (TPSA) is 68.3 Å². The molecule has 3 rings (SSSR count). The lowest BCUT2D eigenvalue weighted by molar-refractivity contribution is 0.0602. The highest BCUT2D eigenvalue weighted by molar-refractivity contribution is 7.22. The minimum Gasteiger partial charge on any atom is -0.465 e. The molecule has 1 N–H and O–H groups in total. The molecule has 25 heavy (non-hydrogen) atoms. The summed E-state index contributed by atoms with van der Waals surface area (Å²) in [4.78, 5) is 27.8. The lowest BCUT2D eigenvalue weighted by Gasteiger charge is -2.03. The van der Waals surface area contributed by atoms with Gasteiger partial charge in [0.2, 0.25) is 0 Å². The van der Waals surface area contributed by atoms with Crippen molar-refractivity contribution in [1.82, 2.24) is 4.98 Å². The van der Waals surface area contributed by atoms with Gasteiger partial charge >= 0.3 is 5.97 Å². The number of esters is 1. The summed E-state index contributed by atoms with van der Waals surface area (Å²) in [6.45, 7) is 1.81. The van der Waals surface area contributed by atoms with Gasteiger partial charge in [-0.2, -0.15) is 0 Å². The van der Waals surface area contributed by atoms with Crippen LogP contribution in [0.1, 0.15) is 34.1 Å². The predicted molar refractivity (Wildman–Crippen MR) is 95.3 cm³/mol. The first-order valence-corrected chi connectivity index (χ1v) is 8.42. The van der Waals surface area contributed by atoms with Crippen LogP contribution in [0.5, 0.6) is 0 Å². The molecule has 0 spiro atoms. The van der Waals surface area contributed by atoms with Crippen LogP contribution in [0, 0.1) is 5.82 Å². The van der Waals surface area contributed by atoms with Gasteiger partial charge in [0.05, 0.1) is 22.9 Å². The zero-order valence-corrected chi connectivity index (χ0v) is 14.4. The molecule has 0 saturated carbocycles.